The van der Waals surface area contributed by atoms with Gasteiger partial charge >= 0.3 is 0 Å². The van der Waals surface area contributed by atoms with Crippen molar-refractivity contribution in [3.8, 4) is 0 Å². The quantitative estimate of drug-likeness (QED) is 0.716. The van der Waals surface area contributed by atoms with Gasteiger partial charge in [-0.2, -0.15) is 8.42 Å². The number of amides is 1. The lowest BCUT2D eigenvalue weighted by Crippen LogP contribution is -2.46. The van der Waals surface area contributed by atoms with Crippen LogP contribution in [0.15, 0.2) is 33.6 Å². The van der Waals surface area contributed by atoms with Crippen LogP contribution in [0.1, 0.15) is 56.9 Å². The fourth-order valence-electron chi connectivity index (χ4n) is 4.47. The highest BCUT2D eigenvalue weighted by molar-refractivity contribution is 7.90. The number of ether oxygens (including phenoxy) is 1. The summed E-state index contributed by atoms with van der Waals surface area (Å²) < 4.78 is 34.6. The van der Waals surface area contributed by atoms with E-state index in [0.717, 1.165) is 25.7 Å². The summed E-state index contributed by atoms with van der Waals surface area (Å²) >= 11 is 0. The van der Waals surface area contributed by atoms with E-state index in [0.29, 0.717) is 43.6 Å². The van der Waals surface area contributed by atoms with Crippen LogP contribution in [-0.2, 0) is 19.6 Å². The number of hydrogen-bond donors (Lipinski definition) is 1. The lowest BCUT2D eigenvalue weighted by Gasteiger charge is -2.26. The Labute approximate surface area is 172 Å². The maximum absolute atomic E-state index is 12.8. The third-order valence-electron chi connectivity index (χ3n) is 5.97. The molecule has 0 unspecified atom stereocenters. The summed E-state index contributed by atoms with van der Waals surface area (Å²) in [5.74, 6) is 0.337. The van der Waals surface area contributed by atoms with Gasteiger partial charge in [0.1, 0.15) is 10.9 Å². The highest BCUT2D eigenvalue weighted by Crippen LogP contribution is 2.31. The standard InChI is InChI=1S/C21H29N3O4S/c25-21(22-13-7-15-28-16-8-2-1-3-9-16)18-11-6-14-24(18)20-17-10-4-5-12-19(17)29(26,27)23-20/h4-5,10,12,16,18H,1-3,6-9,11,13-15H2,(H,22,25)/t18-/m0/s1. The van der Waals surface area contributed by atoms with E-state index in [9.17, 15) is 13.2 Å². The number of amidine groups is 1. The Morgan fingerprint density at radius 3 is 2.76 bits per heavy atom. The second kappa shape index (κ2) is 8.83. The Kier molecular flexibility index (Phi) is 6.20. The van der Waals surface area contributed by atoms with E-state index in [1.807, 2.05) is 4.90 Å². The first-order chi connectivity index (χ1) is 14.1. The Morgan fingerprint density at radius 2 is 1.93 bits per heavy atom. The van der Waals surface area contributed by atoms with E-state index in [1.165, 1.54) is 19.3 Å². The van der Waals surface area contributed by atoms with Gasteiger partial charge in [0.25, 0.3) is 10.0 Å². The van der Waals surface area contributed by atoms with Crippen LogP contribution in [0, 0.1) is 0 Å². The number of rotatable bonds is 6. The Balaban J connectivity index is 1.31. The van der Waals surface area contributed by atoms with E-state index in [4.69, 9.17) is 4.74 Å². The van der Waals surface area contributed by atoms with E-state index < -0.39 is 10.0 Å². The Hall–Kier alpha value is -1.93. The molecule has 158 valence electrons. The fraction of sp³-hybridized carbons (Fsp3) is 0.619. The maximum atomic E-state index is 12.8. The van der Waals surface area contributed by atoms with Gasteiger partial charge in [0.15, 0.2) is 5.84 Å². The molecule has 4 rings (SSSR count). The first-order valence-corrected chi connectivity index (χ1v) is 12.1. The third kappa shape index (κ3) is 4.48. The first kappa shape index (κ1) is 20.3. The van der Waals surface area contributed by atoms with Crippen LogP contribution in [0.25, 0.3) is 0 Å². The molecule has 8 heteroatoms. The Bertz CT molecular complexity index is 878. The minimum atomic E-state index is -3.68. The van der Waals surface area contributed by atoms with Gasteiger partial charge in [-0.05, 0) is 44.2 Å². The van der Waals surface area contributed by atoms with Crippen LogP contribution >= 0.6 is 0 Å². The molecule has 29 heavy (non-hydrogen) atoms. The molecule has 3 aliphatic rings. The van der Waals surface area contributed by atoms with Gasteiger partial charge in [0.05, 0.1) is 6.10 Å². The number of hydrogen-bond acceptors (Lipinski definition) is 5. The van der Waals surface area contributed by atoms with Crippen molar-refractivity contribution in [1.29, 1.82) is 0 Å². The molecule has 0 aromatic heterocycles. The van der Waals surface area contributed by atoms with Gasteiger partial charge < -0.3 is 15.0 Å². The summed E-state index contributed by atoms with van der Waals surface area (Å²) in [6.45, 7) is 1.86. The number of likely N-dealkylation sites (tertiary alicyclic amines) is 1. The lowest BCUT2D eigenvalue weighted by atomic mass is 9.98. The first-order valence-electron chi connectivity index (χ1n) is 10.7. The number of carbonyl (C=O) groups excluding carboxylic acids is 1. The van der Waals surface area contributed by atoms with Crippen LogP contribution in [-0.4, -0.2) is 56.9 Å². The van der Waals surface area contributed by atoms with E-state index in [2.05, 4.69) is 9.71 Å². The molecule has 2 aliphatic heterocycles. The molecule has 0 radical (unpaired) electrons. The van der Waals surface area contributed by atoms with Crippen molar-refractivity contribution in [2.45, 2.75) is 68.4 Å². The van der Waals surface area contributed by atoms with Crippen molar-refractivity contribution >= 4 is 21.8 Å². The molecule has 1 atom stereocenters. The van der Waals surface area contributed by atoms with Gasteiger partial charge in [0.2, 0.25) is 5.91 Å². The molecule has 1 aromatic rings. The number of benzene rings is 1. The SMILES string of the molecule is O=C(NCCCOC1CCCCC1)[C@@H]1CCCN1C1=NS(=O)(=O)c2ccccc21. The molecular formula is C21H29N3O4S. The smallest absolute Gasteiger partial charge is 0.285 e. The van der Waals surface area contributed by atoms with E-state index >= 15 is 0 Å². The van der Waals surface area contributed by atoms with Crippen molar-refractivity contribution in [1.82, 2.24) is 10.2 Å². The minimum absolute atomic E-state index is 0.0651. The molecular weight excluding hydrogens is 390 g/mol. The van der Waals surface area contributed by atoms with Gasteiger partial charge in [0, 0.05) is 25.3 Å². The zero-order chi connectivity index (χ0) is 20.3. The molecule has 1 aliphatic carbocycles. The normalized spacial score (nSPS) is 23.7. The van der Waals surface area contributed by atoms with Crippen molar-refractivity contribution in [3.05, 3.63) is 29.8 Å². The van der Waals surface area contributed by atoms with E-state index in [-0.39, 0.29) is 16.8 Å². The number of carbonyl (C=O) groups is 1. The zero-order valence-electron chi connectivity index (χ0n) is 16.7. The second-order valence-electron chi connectivity index (χ2n) is 8.01. The van der Waals surface area contributed by atoms with Crippen molar-refractivity contribution in [2.75, 3.05) is 19.7 Å². The molecule has 1 amide bonds. The van der Waals surface area contributed by atoms with Crippen molar-refractivity contribution < 1.29 is 17.9 Å². The van der Waals surface area contributed by atoms with Crippen LogP contribution in [0.2, 0.25) is 0 Å². The monoisotopic (exact) mass is 419 g/mol. The summed E-state index contributed by atoms with van der Waals surface area (Å²) in [6.07, 6.45) is 8.81. The summed E-state index contributed by atoms with van der Waals surface area (Å²) in [5, 5.41) is 3.00. The maximum Gasteiger partial charge on any atom is 0.285 e. The predicted molar refractivity (Wildman–Crippen MR) is 110 cm³/mol. The fourth-order valence-corrected chi connectivity index (χ4v) is 5.69. The lowest BCUT2D eigenvalue weighted by molar-refractivity contribution is -0.124. The topological polar surface area (TPSA) is 88.1 Å². The van der Waals surface area contributed by atoms with Crippen LogP contribution in [0.5, 0.6) is 0 Å². The summed E-state index contributed by atoms with van der Waals surface area (Å²) in [6, 6.07) is 6.44. The number of fused-ring (bicyclic) bond motifs is 1. The second-order valence-corrected chi connectivity index (χ2v) is 9.59. The Morgan fingerprint density at radius 1 is 1.14 bits per heavy atom. The number of nitrogens with zero attached hydrogens (tertiary/aromatic N) is 2. The van der Waals surface area contributed by atoms with Gasteiger partial charge in [-0.3, -0.25) is 4.79 Å². The van der Waals surface area contributed by atoms with E-state index in [1.54, 1.807) is 24.3 Å². The molecule has 0 bridgehead atoms. The van der Waals surface area contributed by atoms with Gasteiger partial charge in [-0.15, -0.1) is 4.40 Å². The average molecular weight is 420 g/mol. The molecule has 7 nitrogen and oxygen atoms in total. The highest BCUT2D eigenvalue weighted by Gasteiger charge is 2.39. The molecule has 2 heterocycles. The summed E-state index contributed by atoms with van der Waals surface area (Å²) in [4.78, 5) is 14.8. The van der Waals surface area contributed by atoms with Crippen molar-refractivity contribution in [3.63, 3.8) is 0 Å². The van der Waals surface area contributed by atoms with Crippen LogP contribution in [0.3, 0.4) is 0 Å². The average Bonchev–Trinajstić information content (AvgIpc) is 3.31. The molecule has 1 aromatic carbocycles. The highest BCUT2D eigenvalue weighted by atomic mass is 32.2. The largest absolute Gasteiger partial charge is 0.378 e. The van der Waals surface area contributed by atoms with Gasteiger partial charge in [-0.1, -0.05) is 31.4 Å². The van der Waals surface area contributed by atoms with Crippen LogP contribution in [0.4, 0.5) is 0 Å². The minimum Gasteiger partial charge on any atom is -0.378 e. The molecule has 1 saturated heterocycles. The van der Waals surface area contributed by atoms with Crippen LogP contribution < -0.4 is 5.32 Å². The third-order valence-corrected chi connectivity index (χ3v) is 7.29. The molecule has 1 saturated carbocycles. The summed E-state index contributed by atoms with van der Waals surface area (Å²) in [5.41, 5.74) is 0.591. The number of nitrogens with one attached hydrogen (secondary N) is 1. The van der Waals surface area contributed by atoms with Crippen molar-refractivity contribution in [2.24, 2.45) is 4.40 Å². The molecule has 1 N–H and O–H groups in total. The summed E-state index contributed by atoms with van der Waals surface area (Å²) in [7, 11) is -3.68. The molecule has 2 fully saturated rings. The zero-order valence-corrected chi connectivity index (χ0v) is 17.5. The molecule has 0 spiro atoms. The number of sulfonamides is 1. The predicted octanol–water partition coefficient (Wildman–Crippen LogP) is 2.46. The van der Waals surface area contributed by atoms with Gasteiger partial charge in [-0.25, -0.2) is 0 Å².